The summed E-state index contributed by atoms with van der Waals surface area (Å²) in [5.74, 6) is 1.16. The molecule has 9 heteroatoms. The molecule has 0 spiro atoms. The molecule has 4 rings (SSSR count). The molecular formula is C18H19N5O3S. The number of furan rings is 1. The van der Waals surface area contributed by atoms with Gasteiger partial charge in [-0.15, -0.1) is 10.2 Å². The van der Waals surface area contributed by atoms with E-state index in [1.165, 1.54) is 18.4 Å². The van der Waals surface area contributed by atoms with Crippen molar-refractivity contribution in [1.29, 1.82) is 0 Å². The zero-order chi connectivity index (χ0) is 18.6. The predicted molar refractivity (Wildman–Crippen MR) is 104 cm³/mol. The number of carbonyl (C=O) groups is 1. The molecule has 0 aliphatic carbocycles. The first-order chi connectivity index (χ1) is 13.2. The van der Waals surface area contributed by atoms with E-state index in [-0.39, 0.29) is 5.97 Å². The molecule has 8 nitrogen and oxygen atoms in total. The number of rotatable bonds is 5. The van der Waals surface area contributed by atoms with Crippen molar-refractivity contribution in [3.8, 4) is 10.8 Å². The number of nitrogens with one attached hydrogen (secondary N) is 1. The maximum absolute atomic E-state index is 11.4. The third-order valence-corrected chi connectivity index (χ3v) is 5.09. The van der Waals surface area contributed by atoms with Crippen molar-refractivity contribution in [1.82, 2.24) is 15.1 Å². The van der Waals surface area contributed by atoms with Gasteiger partial charge in [0, 0.05) is 25.0 Å². The number of esters is 1. The van der Waals surface area contributed by atoms with Crippen LogP contribution < -0.4 is 5.32 Å². The summed E-state index contributed by atoms with van der Waals surface area (Å²) in [6.45, 7) is 2.12. The summed E-state index contributed by atoms with van der Waals surface area (Å²) in [6, 6.07) is 9.79. The lowest BCUT2D eigenvalue weighted by Crippen LogP contribution is -2.41. The standard InChI is InChI=1S/C18H19N5O3S/c1-25-15(24)7-10-23-9-4-8-19-17(23)20-18-22-21-16(27-18)14-11-12-5-2-3-6-13(12)26-14/h2-3,5-6,11H,4,7-10H2,1H3,(H,19,20,22). The van der Waals surface area contributed by atoms with Crippen molar-refractivity contribution < 1.29 is 13.9 Å². The third kappa shape index (κ3) is 3.92. The Morgan fingerprint density at radius 2 is 2.26 bits per heavy atom. The second kappa shape index (κ2) is 7.75. The highest BCUT2D eigenvalue weighted by molar-refractivity contribution is 7.18. The average molecular weight is 385 g/mol. The van der Waals surface area contributed by atoms with E-state index >= 15 is 0 Å². The molecule has 140 valence electrons. The number of methoxy groups -OCH3 is 1. The number of hydrogen-bond donors (Lipinski definition) is 1. The van der Waals surface area contributed by atoms with Crippen LogP contribution in [-0.2, 0) is 9.53 Å². The van der Waals surface area contributed by atoms with Gasteiger partial charge in [0.15, 0.2) is 16.7 Å². The number of carbonyl (C=O) groups excluding carboxylic acids is 1. The molecule has 0 amide bonds. The molecule has 27 heavy (non-hydrogen) atoms. The smallest absolute Gasteiger partial charge is 0.307 e. The van der Waals surface area contributed by atoms with Crippen molar-refractivity contribution in [2.75, 3.05) is 32.1 Å². The number of para-hydroxylation sites is 1. The Morgan fingerprint density at radius 3 is 3.11 bits per heavy atom. The highest BCUT2D eigenvalue weighted by Gasteiger charge is 2.19. The molecule has 0 unspecified atom stereocenters. The van der Waals surface area contributed by atoms with Crippen LogP contribution >= 0.6 is 11.3 Å². The van der Waals surface area contributed by atoms with E-state index in [1.54, 1.807) is 0 Å². The van der Waals surface area contributed by atoms with E-state index in [0.717, 1.165) is 30.5 Å². The van der Waals surface area contributed by atoms with Gasteiger partial charge in [0.05, 0.1) is 13.5 Å². The molecule has 0 atom stereocenters. The van der Waals surface area contributed by atoms with Gasteiger partial charge in [-0.25, -0.2) is 0 Å². The summed E-state index contributed by atoms with van der Waals surface area (Å²) in [5, 5.41) is 14.0. The zero-order valence-electron chi connectivity index (χ0n) is 14.8. The Bertz CT molecular complexity index is 947. The second-order valence-electron chi connectivity index (χ2n) is 6.06. The van der Waals surface area contributed by atoms with E-state index in [4.69, 9.17) is 9.15 Å². The summed E-state index contributed by atoms with van der Waals surface area (Å²) in [4.78, 5) is 18.0. The first-order valence-electron chi connectivity index (χ1n) is 8.68. The van der Waals surface area contributed by atoms with Gasteiger partial charge in [-0.3, -0.25) is 9.79 Å². The quantitative estimate of drug-likeness (QED) is 0.675. The molecule has 0 saturated carbocycles. The lowest BCUT2D eigenvalue weighted by atomic mass is 10.2. The maximum atomic E-state index is 11.4. The van der Waals surface area contributed by atoms with Crippen LogP contribution in [-0.4, -0.2) is 53.8 Å². The van der Waals surface area contributed by atoms with E-state index in [2.05, 4.69) is 20.5 Å². The fraction of sp³-hybridized carbons (Fsp3) is 0.333. The van der Waals surface area contributed by atoms with Gasteiger partial charge in [-0.05, 0) is 18.6 Å². The largest absolute Gasteiger partial charge is 0.469 e. The van der Waals surface area contributed by atoms with E-state index in [0.29, 0.717) is 34.8 Å². The van der Waals surface area contributed by atoms with Crippen LogP contribution in [0.1, 0.15) is 12.8 Å². The van der Waals surface area contributed by atoms with Gasteiger partial charge in [0.2, 0.25) is 5.13 Å². The van der Waals surface area contributed by atoms with Gasteiger partial charge in [0.25, 0.3) is 0 Å². The highest BCUT2D eigenvalue weighted by atomic mass is 32.1. The van der Waals surface area contributed by atoms with Crippen molar-refractivity contribution in [2.24, 2.45) is 4.99 Å². The lowest BCUT2D eigenvalue weighted by molar-refractivity contribution is -0.140. The Balaban J connectivity index is 1.47. The first-order valence-corrected chi connectivity index (χ1v) is 9.50. The summed E-state index contributed by atoms with van der Waals surface area (Å²) < 4.78 is 10.6. The number of aliphatic imine (C=N–C) groups is 1. The monoisotopic (exact) mass is 385 g/mol. The number of ether oxygens (including phenoxy) is 1. The van der Waals surface area contributed by atoms with E-state index in [9.17, 15) is 4.79 Å². The number of guanidine groups is 1. The summed E-state index contributed by atoms with van der Waals surface area (Å²) in [7, 11) is 1.40. The fourth-order valence-corrected chi connectivity index (χ4v) is 3.56. The number of benzene rings is 1. The Morgan fingerprint density at radius 1 is 1.37 bits per heavy atom. The Labute approximate surface area is 159 Å². The summed E-state index contributed by atoms with van der Waals surface area (Å²) >= 11 is 1.40. The molecule has 1 aliphatic heterocycles. The molecule has 0 saturated heterocycles. The molecule has 0 bridgehead atoms. The third-order valence-electron chi connectivity index (χ3n) is 4.24. The molecule has 0 fully saturated rings. The predicted octanol–water partition coefficient (Wildman–Crippen LogP) is 2.99. The van der Waals surface area contributed by atoms with Gasteiger partial charge in [-0.2, -0.15) is 0 Å². The van der Waals surface area contributed by atoms with E-state index in [1.807, 2.05) is 35.2 Å². The minimum absolute atomic E-state index is 0.233. The van der Waals surface area contributed by atoms with Crippen LogP contribution in [0.5, 0.6) is 0 Å². The number of aromatic nitrogens is 2. The topological polar surface area (TPSA) is 92.8 Å². The van der Waals surface area contributed by atoms with Crippen molar-refractivity contribution in [2.45, 2.75) is 12.8 Å². The van der Waals surface area contributed by atoms with Crippen molar-refractivity contribution >= 4 is 39.4 Å². The normalized spacial score (nSPS) is 14.3. The van der Waals surface area contributed by atoms with Gasteiger partial charge in [-0.1, -0.05) is 29.5 Å². The van der Waals surface area contributed by atoms with Crippen molar-refractivity contribution in [3.63, 3.8) is 0 Å². The minimum atomic E-state index is -0.233. The highest BCUT2D eigenvalue weighted by Crippen LogP contribution is 2.31. The summed E-state index contributed by atoms with van der Waals surface area (Å²) in [6.07, 6.45) is 1.27. The molecule has 1 N–H and O–H groups in total. The maximum Gasteiger partial charge on any atom is 0.307 e. The van der Waals surface area contributed by atoms with Crippen LogP contribution in [0.15, 0.2) is 39.7 Å². The average Bonchev–Trinajstić information content (AvgIpc) is 3.33. The molecule has 1 aromatic carbocycles. The molecule has 1 aliphatic rings. The number of nitrogens with zero attached hydrogens (tertiary/aromatic N) is 4. The molecular weight excluding hydrogens is 366 g/mol. The van der Waals surface area contributed by atoms with Gasteiger partial charge in [0.1, 0.15) is 5.58 Å². The minimum Gasteiger partial charge on any atom is -0.469 e. The first kappa shape index (κ1) is 17.5. The fourth-order valence-electron chi connectivity index (χ4n) is 2.87. The van der Waals surface area contributed by atoms with Gasteiger partial charge >= 0.3 is 5.97 Å². The second-order valence-corrected chi connectivity index (χ2v) is 7.04. The molecule has 2 aromatic heterocycles. The SMILES string of the molecule is COC(=O)CCN1CCCN=C1Nc1nnc(-c2cc3ccccc3o2)s1. The van der Waals surface area contributed by atoms with Crippen molar-refractivity contribution in [3.05, 3.63) is 30.3 Å². The van der Waals surface area contributed by atoms with Crippen LogP contribution in [0, 0.1) is 0 Å². The molecule has 0 radical (unpaired) electrons. The number of hydrogen-bond acceptors (Lipinski definition) is 9. The van der Waals surface area contributed by atoms with Crippen LogP contribution in [0.3, 0.4) is 0 Å². The Kier molecular flexibility index (Phi) is 5.01. The van der Waals surface area contributed by atoms with Crippen LogP contribution in [0.4, 0.5) is 5.13 Å². The molecule has 3 heterocycles. The Hall–Kier alpha value is -2.94. The lowest BCUT2D eigenvalue weighted by Gasteiger charge is -2.28. The van der Waals surface area contributed by atoms with Gasteiger partial charge < -0.3 is 19.4 Å². The molecule has 3 aromatic rings. The van der Waals surface area contributed by atoms with E-state index < -0.39 is 0 Å². The number of fused-ring (bicyclic) bond motifs is 1. The zero-order valence-corrected chi connectivity index (χ0v) is 15.7. The van der Waals surface area contributed by atoms with Crippen LogP contribution in [0.25, 0.3) is 21.7 Å². The summed E-state index contributed by atoms with van der Waals surface area (Å²) in [5.41, 5.74) is 0.822. The van der Waals surface area contributed by atoms with Crippen LogP contribution in [0.2, 0.25) is 0 Å². The number of anilines is 1.